The van der Waals surface area contributed by atoms with Crippen LogP contribution in [0.1, 0.15) is 146 Å². The molecule has 8 aliphatic rings. The summed E-state index contributed by atoms with van der Waals surface area (Å²) in [5.41, 5.74) is 18.2. The summed E-state index contributed by atoms with van der Waals surface area (Å²) in [6.07, 6.45) is 8.04. The molecule has 2 fully saturated rings. The van der Waals surface area contributed by atoms with Gasteiger partial charge in [0.15, 0.2) is 5.96 Å². The number of ether oxygens (including phenoxy) is 2. The van der Waals surface area contributed by atoms with Crippen LogP contribution in [0.2, 0.25) is 0 Å². The van der Waals surface area contributed by atoms with Crippen molar-refractivity contribution >= 4 is 26.9 Å². The van der Waals surface area contributed by atoms with E-state index in [-0.39, 0.29) is 102 Å². The van der Waals surface area contributed by atoms with Gasteiger partial charge in [-0.1, -0.05) is 116 Å². The number of allylic oxidation sites excluding steroid dienone is 1. The molecule has 12 nitrogen and oxygen atoms in total. The molecule has 13 unspecified atom stereocenters. The smallest absolute Gasteiger partial charge is 0.748 e. The van der Waals surface area contributed by atoms with Gasteiger partial charge < -0.3 is 45.9 Å². The third-order valence-corrected chi connectivity index (χ3v) is 20.5. The van der Waals surface area contributed by atoms with Crippen molar-refractivity contribution < 1.29 is 72.4 Å². The second-order valence-corrected chi connectivity index (χ2v) is 25.9. The largest absolute Gasteiger partial charge is 1.00 e. The topological polar surface area (TPSA) is 221 Å². The number of phenols is 2. The maximum Gasteiger partial charge on any atom is 1.00 e. The second kappa shape index (κ2) is 23.2. The Hall–Kier alpha value is -5.66. The molecule has 0 radical (unpaired) electrons. The molecule has 14 rings (SSSR count). The summed E-state index contributed by atoms with van der Waals surface area (Å²) in [6.45, 7) is 2.06. The van der Waals surface area contributed by atoms with Gasteiger partial charge in [0, 0.05) is 36.1 Å². The minimum absolute atomic E-state index is 0. The van der Waals surface area contributed by atoms with Gasteiger partial charge in [0.25, 0.3) is 0 Å². The molecule has 6 aromatic rings. The van der Waals surface area contributed by atoms with Gasteiger partial charge >= 0.3 is 29.6 Å². The number of aliphatic imine (C=N–C) groups is 1. The Morgan fingerprint density at radius 3 is 2.40 bits per heavy atom. The van der Waals surface area contributed by atoms with Gasteiger partial charge in [-0.2, -0.15) is 0 Å². The summed E-state index contributed by atoms with van der Waals surface area (Å²) in [5, 5.41) is 46.0. The molecule has 6 aromatic carbocycles. The molecule has 14 heteroatoms. The Kier molecular flexibility index (Phi) is 16.4. The number of rotatable bonds is 9. The Bertz CT molecular complexity index is 3540. The Morgan fingerprint density at radius 1 is 0.864 bits per heavy atom. The van der Waals surface area contributed by atoms with Crippen LogP contribution in [0.4, 0.5) is 0 Å². The normalized spacial score (nSPS) is 30.0. The molecule has 1 saturated heterocycles. The summed E-state index contributed by atoms with van der Waals surface area (Å²) >= 11 is 0. The zero-order valence-corrected chi connectivity index (χ0v) is 49.1. The van der Waals surface area contributed by atoms with Gasteiger partial charge in [0.05, 0.1) is 27.1 Å². The van der Waals surface area contributed by atoms with Crippen molar-refractivity contribution in [1.29, 1.82) is 0 Å². The Labute approximate surface area is 498 Å². The fourth-order valence-electron chi connectivity index (χ4n) is 15.3. The van der Waals surface area contributed by atoms with Gasteiger partial charge in [0.2, 0.25) is 5.72 Å². The number of guanidine groups is 1. The fraction of sp³-hybridized carbons (Fsp3) is 0.418. The van der Waals surface area contributed by atoms with Crippen LogP contribution in [-0.4, -0.2) is 62.9 Å². The Morgan fingerprint density at radius 2 is 1.62 bits per heavy atom. The zero-order valence-electron chi connectivity index (χ0n) is 46.3. The number of aromatic hydroxyl groups is 2. The van der Waals surface area contributed by atoms with E-state index in [1.165, 1.54) is 0 Å². The number of hydrogen-bond donors (Lipinski definition) is 6. The van der Waals surface area contributed by atoms with E-state index >= 15 is 0 Å². The van der Waals surface area contributed by atoms with Gasteiger partial charge in [0.1, 0.15) is 23.4 Å². The zero-order chi connectivity index (χ0) is 55.5. The van der Waals surface area contributed by atoms with E-state index in [1.54, 1.807) is 24.3 Å². The second-order valence-electron chi connectivity index (χ2n) is 24.3. The maximum absolute atomic E-state index is 14.3. The molecule has 1 saturated carbocycles. The molecular formula is C67H72N3NaO9S. The third-order valence-electron chi connectivity index (χ3n) is 19.2. The first-order valence-electron chi connectivity index (χ1n) is 28.8. The molecule has 3 aliphatic carbocycles. The fourth-order valence-corrected chi connectivity index (χ4v) is 16.4. The van der Waals surface area contributed by atoms with Crippen molar-refractivity contribution in [3.63, 3.8) is 0 Å². The molecule has 5 heterocycles. The predicted molar refractivity (Wildman–Crippen MR) is 309 cm³/mol. The number of aliphatic hydroxyl groups excluding tert-OH is 1. The predicted octanol–water partition coefficient (Wildman–Crippen LogP) is 8.01. The quantitative estimate of drug-likeness (QED) is 0.0203. The maximum atomic E-state index is 14.3. The first kappa shape index (κ1) is 57.2. The van der Waals surface area contributed by atoms with Crippen LogP contribution in [0.25, 0.3) is 10.8 Å². The van der Waals surface area contributed by atoms with E-state index in [9.17, 15) is 33.4 Å². The third kappa shape index (κ3) is 11.7. The van der Waals surface area contributed by atoms with Crippen LogP contribution in [-0.2, 0) is 33.4 Å². The Balaban J connectivity index is 0.00000690. The molecular weight excluding hydrogens is 1050 g/mol. The van der Waals surface area contributed by atoms with Crippen LogP contribution in [0.5, 0.6) is 17.2 Å². The molecule has 416 valence electrons. The van der Waals surface area contributed by atoms with Crippen molar-refractivity contribution in [2.45, 2.75) is 137 Å². The van der Waals surface area contributed by atoms with E-state index in [1.807, 2.05) is 78.9 Å². The van der Waals surface area contributed by atoms with E-state index in [0.29, 0.717) is 68.2 Å². The summed E-state index contributed by atoms with van der Waals surface area (Å²) in [4.78, 5) is 5.15. The molecule has 0 amide bonds. The van der Waals surface area contributed by atoms with Crippen LogP contribution >= 0.6 is 0 Å². The van der Waals surface area contributed by atoms with Crippen molar-refractivity contribution in [3.8, 4) is 29.1 Å². The average molecular weight is 1120 g/mol. The van der Waals surface area contributed by atoms with Crippen LogP contribution in [0.15, 0.2) is 144 Å². The standard InChI is InChI=1S/C67H73N3O9S.Na/c1-40-12-13-47-33-56-23-25-58(47)60(40)36-62(80(75,76)77)61-35-51-30-50(34-57-28-42(39-71)9-5-10-46-31-55(73)22-24-59(46)64(51)78-57)63(61)44-16-19-52(20-17-44)67(79-56,70-65(68)69)38-53(27-41-7-3-2-4-8-41)66(74)26-6-11-48(37-66)45-15-14-43-18-21-54(72)32-49(43)29-45;/h2-4,7-8,14-25,29,31-33,35,40,42,48,50,53,57,60-64,71-74H,6,9,11-13,26-28,30,34,36-39H2,1H3,(H4,68,69,70)(H,75,76,77);/q;+1/p-1. The van der Waals surface area contributed by atoms with Gasteiger partial charge in [-0.15, -0.1) is 0 Å². The molecule has 0 aromatic heterocycles. The number of phenolic OH excluding ortho intramolecular Hbond substituents is 2. The monoisotopic (exact) mass is 1120 g/mol. The minimum atomic E-state index is -4.95. The van der Waals surface area contributed by atoms with Crippen molar-refractivity contribution in [1.82, 2.24) is 0 Å². The number of benzene rings is 6. The summed E-state index contributed by atoms with van der Waals surface area (Å²) in [7, 11) is -4.95. The summed E-state index contributed by atoms with van der Waals surface area (Å²) < 4.78 is 57.6. The molecule has 5 aliphatic heterocycles. The minimum Gasteiger partial charge on any atom is -0.748 e. The average Bonchev–Trinajstić information content (AvgIpc) is 3.66. The van der Waals surface area contributed by atoms with E-state index in [4.69, 9.17) is 25.9 Å². The molecule has 10 bridgehead atoms. The molecule has 8 N–H and O–H groups in total. The van der Waals surface area contributed by atoms with Crippen molar-refractivity contribution in [2.75, 3.05) is 6.61 Å². The van der Waals surface area contributed by atoms with Crippen LogP contribution < -0.4 is 45.8 Å². The van der Waals surface area contributed by atoms with Gasteiger partial charge in [-0.25, -0.2) is 13.4 Å². The van der Waals surface area contributed by atoms with Crippen LogP contribution in [0.3, 0.4) is 0 Å². The van der Waals surface area contributed by atoms with E-state index < -0.39 is 50.6 Å². The van der Waals surface area contributed by atoms with Gasteiger partial charge in [-0.05, 0) is 199 Å². The van der Waals surface area contributed by atoms with E-state index in [0.717, 1.165) is 69.0 Å². The van der Waals surface area contributed by atoms with Crippen LogP contribution in [0, 0.1) is 41.4 Å². The number of hydrogen-bond acceptors (Lipinski definition) is 10. The number of nitrogens with zero attached hydrogens (tertiary/aromatic N) is 1. The number of nitrogens with two attached hydrogens (primary N) is 2. The van der Waals surface area contributed by atoms with E-state index in [2.05, 4.69) is 49.1 Å². The summed E-state index contributed by atoms with van der Waals surface area (Å²) in [6, 6.07) is 41.0. The number of fused-ring (bicyclic) bond motifs is 10. The molecule has 0 spiro atoms. The molecule has 81 heavy (non-hydrogen) atoms. The van der Waals surface area contributed by atoms with Crippen molar-refractivity contribution in [3.05, 3.63) is 184 Å². The molecule has 13 atom stereocenters. The first-order chi connectivity index (χ1) is 38.5. The van der Waals surface area contributed by atoms with Gasteiger partial charge in [-0.3, -0.25) is 0 Å². The van der Waals surface area contributed by atoms with Crippen molar-refractivity contribution in [2.24, 2.45) is 46.0 Å². The number of aliphatic hydroxyl groups is 2. The SMILES string of the molecule is CC1CCc2cc3ccc2C1CC(S(=O)(=O)[O-])C1C=C2CC(CC4CC(CO)CC#Cc5cc(O)ccc5C2O4)C1c1ccc(cc1)C(CC(Cc1ccccc1)C1(O)CCCC(c2ccc4ccc(O)cc4c2)C1)(N=C(N)N)O3.[Na+]. The number of aryl methyl sites for hydroxylation is 1. The summed E-state index contributed by atoms with van der Waals surface area (Å²) in [5.74, 6) is 4.89. The first-order valence-corrected chi connectivity index (χ1v) is 30.2.